The lowest BCUT2D eigenvalue weighted by atomic mass is 9.99. The molecule has 3 fully saturated rings. The number of hydrogen-bond acceptors (Lipinski definition) is 4. The van der Waals surface area contributed by atoms with Gasteiger partial charge in [0.05, 0.1) is 0 Å². The van der Waals surface area contributed by atoms with Gasteiger partial charge in [0, 0.05) is 31.8 Å². The molecular weight excluding hydrogens is 340 g/mol. The van der Waals surface area contributed by atoms with Gasteiger partial charge in [0.1, 0.15) is 4.75 Å². The molecule has 3 rings (SSSR count). The van der Waals surface area contributed by atoms with Crippen molar-refractivity contribution in [2.45, 2.75) is 63.2 Å². The van der Waals surface area contributed by atoms with Crippen molar-refractivity contribution in [1.29, 1.82) is 0 Å². The molecule has 142 valence electrons. The minimum Gasteiger partial charge on any atom is -0.353 e. The molecular formula is C18H30N2O4S. The van der Waals surface area contributed by atoms with E-state index < -0.39 is 20.5 Å². The quantitative estimate of drug-likeness (QED) is 0.699. The number of hydrogen-bond donors (Lipinski definition) is 1. The van der Waals surface area contributed by atoms with Crippen molar-refractivity contribution in [3.8, 4) is 0 Å². The molecule has 7 heteroatoms. The van der Waals surface area contributed by atoms with E-state index >= 15 is 0 Å². The highest BCUT2D eigenvalue weighted by molar-refractivity contribution is 7.92. The molecule has 3 atom stereocenters. The van der Waals surface area contributed by atoms with Crippen LogP contribution in [0.1, 0.15) is 52.4 Å². The third-order valence-corrected chi connectivity index (χ3v) is 8.39. The molecule has 0 radical (unpaired) electrons. The fraction of sp³-hybridized carbons (Fsp3) is 0.889. The molecule has 0 saturated heterocycles. The van der Waals surface area contributed by atoms with Crippen LogP contribution in [-0.4, -0.2) is 55.3 Å². The molecule has 25 heavy (non-hydrogen) atoms. The van der Waals surface area contributed by atoms with Gasteiger partial charge in [0.25, 0.3) is 0 Å². The van der Waals surface area contributed by atoms with Gasteiger partial charge in [-0.15, -0.1) is 0 Å². The van der Waals surface area contributed by atoms with E-state index in [0.29, 0.717) is 31.5 Å². The van der Waals surface area contributed by atoms with E-state index in [2.05, 4.69) is 5.32 Å². The van der Waals surface area contributed by atoms with Gasteiger partial charge in [-0.25, -0.2) is 8.42 Å². The van der Waals surface area contributed by atoms with Crippen molar-refractivity contribution in [3.05, 3.63) is 0 Å². The smallest absolute Gasteiger partial charge is 0.240 e. The summed E-state index contributed by atoms with van der Waals surface area (Å²) in [5.41, 5.74) is 0. The Morgan fingerprint density at radius 1 is 1.16 bits per heavy atom. The van der Waals surface area contributed by atoms with Crippen molar-refractivity contribution < 1.29 is 18.0 Å². The monoisotopic (exact) mass is 370 g/mol. The summed E-state index contributed by atoms with van der Waals surface area (Å²) in [5.74, 6) is 1.91. The van der Waals surface area contributed by atoms with Gasteiger partial charge in [0.2, 0.25) is 11.8 Å². The second-order valence-corrected chi connectivity index (χ2v) is 11.1. The summed E-state index contributed by atoms with van der Waals surface area (Å²) < 4.78 is 22.0. The molecule has 3 saturated carbocycles. The number of carbonyl (C=O) groups excluding carboxylic acids is 2. The molecule has 0 spiro atoms. The predicted octanol–water partition coefficient (Wildman–Crippen LogP) is 1.35. The van der Waals surface area contributed by atoms with Crippen LogP contribution >= 0.6 is 0 Å². The van der Waals surface area contributed by atoms with Crippen LogP contribution in [0.4, 0.5) is 0 Å². The summed E-state index contributed by atoms with van der Waals surface area (Å²) in [6.07, 6.45) is 7.54. The Hall–Kier alpha value is -1.11. The Kier molecular flexibility index (Phi) is 4.90. The zero-order valence-electron chi connectivity index (χ0n) is 15.5. The predicted molar refractivity (Wildman–Crippen MR) is 95.6 cm³/mol. The lowest BCUT2D eigenvalue weighted by Gasteiger charge is -2.26. The third kappa shape index (κ3) is 4.01. The Morgan fingerprint density at radius 3 is 2.32 bits per heavy atom. The van der Waals surface area contributed by atoms with Gasteiger partial charge in [-0.2, -0.15) is 0 Å². The molecule has 0 aliphatic heterocycles. The SMILES string of the molecule is CC(C)(C(=O)NCCN(C(=O)CC1CCC2CC12)C1CC1)S(C)(=O)=O. The maximum absolute atomic E-state index is 12.7. The van der Waals surface area contributed by atoms with Crippen LogP contribution < -0.4 is 5.32 Å². The molecule has 0 aromatic heterocycles. The molecule has 3 aliphatic carbocycles. The molecule has 3 unspecified atom stereocenters. The van der Waals surface area contributed by atoms with Crippen LogP contribution in [0.15, 0.2) is 0 Å². The standard InChI is InChI=1S/C18H30N2O4S/c1-18(2,25(3,23)24)17(22)19-8-9-20(14-6-7-14)16(21)11-13-5-4-12-10-15(12)13/h12-15H,4-11H2,1-3H3,(H,19,22). The van der Waals surface area contributed by atoms with E-state index in [-0.39, 0.29) is 5.91 Å². The maximum Gasteiger partial charge on any atom is 0.240 e. The fourth-order valence-electron chi connectivity index (χ4n) is 3.99. The van der Waals surface area contributed by atoms with Crippen molar-refractivity contribution >= 4 is 21.7 Å². The van der Waals surface area contributed by atoms with E-state index in [1.165, 1.54) is 33.1 Å². The van der Waals surface area contributed by atoms with E-state index in [9.17, 15) is 18.0 Å². The van der Waals surface area contributed by atoms with E-state index in [4.69, 9.17) is 0 Å². The first-order valence-corrected chi connectivity index (χ1v) is 11.3. The first-order chi connectivity index (χ1) is 11.6. The number of sulfone groups is 1. The lowest BCUT2D eigenvalue weighted by molar-refractivity contribution is -0.133. The molecule has 6 nitrogen and oxygen atoms in total. The number of fused-ring (bicyclic) bond motifs is 1. The molecule has 2 amide bonds. The average molecular weight is 371 g/mol. The Labute approximate surface area is 150 Å². The van der Waals surface area contributed by atoms with Crippen molar-refractivity contribution in [2.75, 3.05) is 19.3 Å². The Morgan fingerprint density at radius 2 is 1.84 bits per heavy atom. The van der Waals surface area contributed by atoms with Gasteiger partial charge in [-0.1, -0.05) is 0 Å². The van der Waals surface area contributed by atoms with Crippen molar-refractivity contribution in [3.63, 3.8) is 0 Å². The zero-order chi connectivity index (χ0) is 18.4. The van der Waals surface area contributed by atoms with Crippen LogP contribution in [0, 0.1) is 17.8 Å². The van der Waals surface area contributed by atoms with Crippen molar-refractivity contribution in [1.82, 2.24) is 10.2 Å². The summed E-state index contributed by atoms with van der Waals surface area (Å²) in [6.45, 7) is 3.59. The highest BCUT2D eigenvalue weighted by atomic mass is 32.2. The van der Waals surface area contributed by atoms with Crippen molar-refractivity contribution in [2.24, 2.45) is 17.8 Å². The number of carbonyl (C=O) groups is 2. The maximum atomic E-state index is 12.7. The molecule has 0 heterocycles. The first kappa shape index (κ1) is 18.7. The minimum atomic E-state index is -3.48. The highest BCUT2D eigenvalue weighted by Gasteiger charge is 2.49. The van der Waals surface area contributed by atoms with Crippen LogP contribution in [0.2, 0.25) is 0 Å². The molecule has 0 aromatic rings. The zero-order valence-corrected chi connectivity index (χ0v) is 16.3. The van der Waals surface area contributed by atoms with E-state index in [1.807, 2.05) is 4.90 Å². The normalized spacial score (nSPS) is 28.4. The number of nitrogens with zero attached hydrogens (tertiary/aromatic N) is 1. The average Bonchev–Trinajstić information content (AvgIpc) is 3.42. The highest BCUT2D eigenvalue weighted by Crippen LogP contribution is 2.56. The second-order valence-electron chi connectivity index (χ2n) is 8.56. The Balaban J connectivity index is 1.49. The van der Waals surface area contributed by atoms with Crippen LogP contribution in [0.5, 0.6) is 0 Å². The topological polar surface area (TPSA) is 83.6 Å². The van der Waals surface area contributed by atoms with E-state index in [1.54, 1.807) is 0 Å². The third-order valence-electron chi connectivity index (χ3n) is 6.35. The van der Waals surface area contributed by atoms with Gasteiger partial charge in [-0.3, -0.25) is 9.59 Å². The van der Waals surface area contributed by atoms with Gasteiger partial charge < -0.3 is 10.2 Å². The van der Waals surface area contributed by atoms with Gasteiger partial charge in [-0.05, 0) is 63.7 Å². The fourth-order valence-corrected chi connectivity index (χ4v) is 4.39. The minimum absolute atomic E-state index is 0.205. The summed E-state index contributed by atoms with van der Waals surface area (Å²) in [6, 6.07) is 0.309. The number of nitrogens with one attached hydrogen (secondary N) is 1. The van der Waals surface area contributed by atoms with Crippen LogP contribution in [0.25, 0.3) is 0 Å². The first-order valence-electron chi connectivity index (χ1n) is 9.38. The Bertz CT molecular complexity index is 654. The summed E-state index contributed by atoms with van der Waals surface area (Å²) >= 11 is 0. The largest absolute Gasteiger partial charge is 0.353 e. The molecule has 0 aromatic carbocycles. The number of rotatable bonds is 8. The van der Waals surface area contributed by atoms with Gasteiger partial charge in [0.15, 0.2) is 9.84 Å². The van der Waals surface area contributed by atoms with Gasteiger partial charge >= 0.3 is 0 Å². The summed E-state index contributed by atoms with van der Waals surface area (Å²) in [4.78, 5) is 26.8. The van der Waals surface area contributed by atoms with Crippen LogP contribution in [0.3, 0.4) is 0 Å². The van der Waals surface area contributed by atoms with E-state index in [0.717, 1.165) is 30.9 Å². The lowest BCUT2D eigenvalue weighted by Crippen LogP contribution is -2.49. The van der Waals surface area contributed by atoms with Crippen LogP contribution in [-0.2, 0) is 19.4 Å². The molecule has 0 bridgehead atoms. The number of amides is 2. The summed E-state index contributed by atoms with van der Waals surface area (Å²) in [5, 5.41) is 2.70. The molecule has 1 N–H and O–H groups in total. The molecule has 3 aliphatic rings. The summed E-state index contributed by atoms with van der Waals surface area (Å²) in [7, 11) is -3.48. The second kappa shape index (κ2) is 6.56.